The molecule has 0 aliphatic heterocycles. The van der Waals surface area contributed by atoms with E-state index in [1.807, 2.05) is 0 Å². The van der Waals surface area contributed by atoms with Crippen molar-refractivity contribution < 1.29 is 29.4 Å². The summed E-state index contributed by atoms with van der Waals surface area (Å²) < 4.78 is 0. The number of rotatable bonds is 37. The minimum Gasteiger partial charge on any atom is -0.480 e. The monoisotopic (exact) mass is 716 g/mol. The Morgan fingerprint density at radius 1 is 0.417 bits per heavy atom. The molecule has 0 spiro atoms. The standard InChI is InChI=1S/C38H72N2O6S2/c1-3-5-7-9-11-13-15-17-19-21-23-25-27-29-35(41)39-33(37(43)44)31-47-48-32-34(38(45)46)40-36(42)30-28-26-24-22-20-18-16-14-12-10-8-6-4-2/h33-34H,3-32H2,1-2H3,(H,39,41)(H,40,42)(H,43,44)(H,45,46). The van der Waals surface area contributed by atoms with Crippen LogP contribution in [0.4, 0.5) is 0 Å². The number of amides is 2. The van der Waals surface area contributed by atoms with Crippen LogP contribution in [0.1, 0.15) is 194 Å². The lowest BCUT2D eigenvalue weighted by atomic mass is 10.0. The van der Waals surface area contributed by atoms with Gasteiger partial charge in [0.25, 0.3) is 0 Å². The van der Waals surface area contributed by atoms with Gasteiger partial charge in [0.05, 0.1) is 0 Å². The van der Waals surface area contributed by atoms with Gasteiger partial charge in [0.2, 0.25) is 11.8 Å². The summed E-state index contributed by atoms with van der Waals surface area (Å²) in [5.74, 6) is -2.52. The normalized spacial score (nSPS) is 12.5. The number of aliphatic carboxylic acids is 2. The van der Waals surface area contributed by atoms with E-state index in [0.717, 1.165) is 38.5 Å². The molecule has 0 bridgehead atoms. The molecular formula is C38H72N2O6S2. The minimum absolute atomic E-state index is 0.115. The topological polar surface area (TPSA) is 133 Å². The Labute approximate surface area is 301 Å². The summed E-state index contributed by atoms with van der Waals surface area (Å²) in [6.45, 7) is 4.49. The van der Waals surface area contributed by atoms with Crippen molar-refractivity contribution >= 4 is 45.3 Å². The van der Waals surface area contributed by atoms with Gasteiger partial charge in [0, 0.05) is 24.3 Å². The first-order valence-electron chi connectivity index (χ1n) is 19.6. The molecule has 0 fully saturated rings. The number of carboxylic acids is 2. The zero-order valence-electron chi connectivity index (χ0n) is 30.7. The van der Waals surface area contributed by atoms with Crippen molar-refractivity contribution in [3.05, 3.63) is 0 Å². The Hall–Kier alpha value is -1.42. The summed E-state index contributed by atoms with van der Waals surface area (Å²) in [4.78, 5) is 48.0. The second-order valence-electron chi connectivity index (χ2n) is 13.5. The van der Waals surface area contributed by atoms with Crippen LogP contribution in [0.3, 0.4) is 0 Å². The lowest BCUT2D eigenvalue weighted by Gasteiger charge is -2.16. The van der Waals surface area contributed by atoms with Crippen molar-refractivity contribution in [3.8, 4) is 0 Å². The SMILES string of the molecule is CCCCCCCCCCCCCCCC(=O)NC(CSSCC(NC(=O)CCCCCCCCCCCCCCC)C(=O)O)C(=O)O. The van der Waals surface area contributed by atoms with Crippen molar-refractivity contribution in [1.82, 2.24) is 10.6 Å². The van der Waals surface area contributed by atoms with Gasteiger partial charge in [0.1, 0.15) is 12.1 Å². The molecule has 0 aliphatic carbocycles. The van der Waals surface area contributed by atoms with E-state index < -0.39 is 24.0 Å². The Morgan fingerprint density at radius 2 is 0.646 bits per heavy atom. The van der Waals surface area contributed by atoms with Crippen molar-refractivity contribution in [2.75, 3.05) is 11.5 Å². The lowest BCUT2D eigenvalue weighted by Crippen LogP contribution is -2.43. The number of carbonyl (C=O) groups is 4. The first-order chi connectivity index (χ1) is 23.3. The Balaban J connectivity index is 3.93. The van der Waals surface area contributed by atoms with Gasteiger partial charge >= 0.3 is 11.9 Å². The zero-order valence-corrected chi connectivity index (χ0v) is 32.3. The van der Waals surface area contributed by atoms with Crippen LogP contribution in [-0.2, 0) is 19.2 Å². The van der Waals surface area contributed by atoms with Crippen molar-refractivity contribution in [3.63, 3.8) is 0 Å². The number of hydrogen-bond donors (Lipinski definition) is 4. The van der Waals surface area contributed by atoms with Gasteiger partial charge in [-0.3, -0.25) is 9.59 Å². The minimum atomic E-state index is -1.11. The molecule has 0 heterocycles. The maximum atomic E-state index is 12.3. The van der Waals surface area contributed by atoms with Crippen LogP contribution in [0.5, 0.6) is 0 Å². The highest BCUT2D eigenvalue weighted by Crippen LogP contribution is 2.23. The molecule has 2 atom stereocenters. The fraction of sp³-hybridized carbons (Fsp3) is 0.895. The largest absolute Gasteiger partial charge is 0.480 e. The highest BCUT2D eigenvalue weighted by Gasteiger charge is 2.23. The fourth-order valence-electron chi connectivity index (χ4n) is 5.72. The van der Waals surface area contributed by atoms with E-state index >= 15 is 0 Å². The highest BCUT2D eigenvalue weighted by molar-refractivity contribution is 8.76. The number of unbranched alkanes of at least 4 members (excludes halogenated alkanes) is 24. The first kappa shape index (κ1) is 46.6. The van der Waals surface area contributed by atoms with Gasteiger partial charge in [-0.05, 0) is 12.8 Å². The first-order valence-corrected chi connectivity index (χ1v) is 22.1. The van der Waals surface area contributed by atoms with Crippen molar-refractivity contribution in [2.45, 2.75) is 206 Å². The summed E-state index contributed by atoms with van der Waals surface area (Å²) in [6.07, 6.45) is 32.4. The summed E-state index contributed by atoms with van der Waals surface area (Å²) in [5.41, 5.74) is 0. The van der Waals surface area contributed by atoms with Crippen LogP contribution in [0, 0.1) is 0 Å². The molecule has 2 unspecified atom stereocenters. The van der Waals surface area contributed by atoms with Crippen LogP contribution in [0.2, 0.25) is 0 Å². The molecule has 10 heteroatoms. The van der Waals surface area contributed by atoms with E-state index in [-0.39, 0.29) is 23.3 Å². The Bertz CT molecular complexity index is 737. The maximum Gasteiger partial charge on any atom is 0.327 e. The third-order valence-electron chi connectivity index (χ3n) is 8.83. The highest BCUT2D eigenvalue weighted by atomic mass is 33.1. The molecule has 0 rings (SSSR count). The third kappa shape index (κ3) is 31.8. The number of nitrogens with one attached hydrogen (secondary N) is 2. The lowest BCUT2D eigenvalue weighted by molar-refractivity contribution is -0.141. The predicted molar refractivity (Wildman–Crippen MR) is 205 cm³/mol. The van der Waals surface area contributed by atoms with Crippen LogP contribution in [0.25, 0.3) is 0 Å². The van der Waals surface area contributed by atoms with E-state index in [1.54, 1.807) is 0 Å². The van der Waals surface area contributed by atoms with Gasteiger partial charge in [-0.15, -0.1) is 0 Å². The molecule has 0 aromatic heterocycles. The fourth-order valence-corrected chi connectivity index (χ4v) is 8.03. The van der Waals surface area contributed by atoms with Gasteiger partial charge in [-0.2, -0.15) is 0 Å². The molecule has 8 nitrogen and oxygen atoms in total. The van der Waals surface area contributed by atoms with Gasteiger partial charge in [-0.1, -0.05) is 190 Å². The quantitative estimate of drug-likeness (QED) is 0.0369. The van der Waals surface area contributed by atoms with Crippen LogP contribution >= 0.6 is 21.6 Å². The van der Waals surface area contributed by atoms with Gasteiger partial charge in [0.15, 0.2) is 0 Å². The number of hydrogen-bond acceptors (Lipinski definition) is 6. The average Bonchev–Trinajstić information content (AvgIpc) is 3.05. The van der Waals surface area contributed by atoms with E-state index in [4.69, 9.17) is 0 Å². The summed E-state index contributed by atoms with van der Waals surface area (Å²) in [5, 5.41) is 24.3. The van der Waals surface area contributed by atoms with E-state index in [9.17, 15) is 29.4 Å². The molecule has 0 radical (unpaired) electrons. The summed E-state index contributed by atoms with van der Waals surface area (Å²) in [7, 11) is 2.39. The maximum absolute atomic E-state index is 12.3. The molecule has 2 amide bonds. The smallest absolute Gasteiger partial charge is 0.327 e. The molecular weight excluding hydrogens is 645 g/mol. The van der Waals surface area contributed by atoms with E-state index in [0.29, 0.717) is 12.8 Å². The Morgan fingerprint density at radius 3 is 0.875 bits per heavy atom. The van der Waals surface area contributed by atoms with E-state index in [1.165, 1.54) is 150 Å². The van der Waals surface area contributed by atoms with Crippen molar-refractivity contribution in [1.29, 1.82) is 0 Å². The molecule has 0 aliphatic rings. The number of carbonyl (C=O) groups excluding carboxylic acids is 2. The molecule has 0 aromatic carbocycles. The summed E-state index contributed by atoms with van der Waals surface area (Å²) in [6, 6.07) is -2.07. The Kier molecular flexibility index (Phi) is 34.4. The molecule has 282 valence electrons. The molecule has 0 aromatic rings. The van der Waals surface area contributed by atoms with Crippen LogP contribution < -0.4 is 10.6 Å². The molecule has 4 N–H and O–H groups in total. The predicted octanol–water partition coefficient (Wildman–Crippen LogP) is 10.5. The van der Waals surface area contributed by atoms with Crippen LogP contribution in [0.15, 0.2) is 0 Å². The second kappa shape index (κ2) is 35.4. The van der Waals surface area contributed by atoms with Crippen molar-refractivity contribution in [2.24, 2.45) is 0 Å². The number of carboxylic acid groups (broad SMARTS) is 2. The third-order valence-corrected chi connectivity index (χ3v) is 11.3. The average molecular weight is 717 g/mol. The summed E-state index contributed by atoms with van der Waals surface area (Å²) >= 11 is 0. The zero-order chi connectivity index (χ0) is 35.5. The molecule has 48 heavy (non-hydrogen) atoms. The molecule has 0 saturated carbocycles. The second-order valence-corrected chi connectivity index (χ2v) is 16.0. The molecule has 0 saturated heterocycles. The van der Waals surface area contributed by atoms with Crippen LogP contribution in [-0.4, -0.2) is 57.6 Å². The van der Waals surface area contributed by atoms with E-state index in [2.05, 4.69) is 24.5 Å². The van der Waals surface area contributed by atoms with Gasteiger partial charge < -0.3 is 20.8 Å². The van der Waals surface area contributed by atoms with Gasteiger partial charge in [-0.25, -0.2) is 9.59 Å².